The van der Waals surface area contributed by atoms with Gasteiger partial charge in [0.1, 0.15) is 14.6 Å². The molecule has 0 amide bonds. The maximum absolute atomic E-state index is 5.26. The molecule has 0 aliphatic rings. The molecule has 1 heterocycles. The highest BCUT2D eigenvalue weighted by molar-refractivity contribution is 7.77. The molecule has 0 bridgehead atoms. The average molecular weight is 244 g/mol. The van der Waals surface area contributed by atoms with Crippen molar-refractivity contribution in [3.05, 3.63) is 15.3 Å². The molecule has 0 unspecified atom stereocenters. The maximum atomic E-state index is 5.26. The zero-order valence-corrected chi connectivity index (χ0v) is 10.1. The first-order chi connectivity index (χ1) is 6.76. The number of benzene rings is 1. The Balaban J connectivity index is 2.84. The molecule has 0 saturated carbocycles. The van der Waals surface area contributed by atoms with E-state index in [9.17, 15) is 0 Å². The zero-order chi connectivity index (χ0) is 10.1. The van der Waals surface area contributed by atoms with Gasteiger partial charge in [-0.3, -0.25) is 0 Å². The Labute approximate surface area is 94.7 Å². The smallest absolute Gasteiger partial charge is 0.145 e. The summed E-state index contributed by atoms with van der Waals surface area (Å²) in [4.78, 5) is 0. The number of fused-ring (bicyclic) bond motifs is 1. The quantitative estimate of drug-likeness (QED) is 0.750. The molecule has 0 radical (unpaired) electrons. The average Bonchev–Trinajstić information content (AvgIpc) is 2.57. The second kappa shape index (κ2) is 3.84. The lowest BCUT2D eigenvalue weighted by Crippen LogP contribution is -1.85. The molecular formula is C9H8O2S3. The van der Waals surface area contributed by atoms with E-state index in [1.807, 2.05) is 12.1 Å². The van der Waals surface area contributed by atoms with Crippen LogP contribution in [0.2, 0.25) is 0 Å². The van der Waals surface area contributed by atoms with Crippen LogP contribution in [0.3, 0.4) is 0 Å². The first-order valence-electron chi connectivity index (χ1n) is 3.91. The molecule has 2 aromatic rings. The van der Waals surface area contributed by atoms with E-state index in [2.05, 4.69) is 0 Å². The van der Waals surface area contributed by atoms with Gasteiger partial charge in [-0.05, 0) is 12.1 Å². The lowest BCUT2D eigenvalue weighted by Gasteiger charge is -2.04. The summed E-state index contributed by atoms with van der Waals surface area (Å²) in [6.45, 7) is 0. The van der Waals surface area contributed by atoms with Crippen molar-refractivity contribution in [2.45, 2.75) is 0 Å². The van der Waals surface area contributed by atoms with Crippen LogP contribution in [0.1, 0.15) is 0 Å². The third-order valence-corrected chi connectivity index (χ3v) is 4.53. The van der Waals surface area contributed by atoms with Crippen molar-refractivity contribution in [3.63, 3.8) is 0 Å². The fourth-order valence-electron chi connectivity index (χ4n) is 1.23. The van der Waals surface area contributed by atoms with Crippen molar-refractivity contribution < 1.29 is 9.47 Å². The van der Waals surface area contributed by atoms with E-state index in [4.69, 9.17) is 21.7 Å². The van der Waals surface area contributed by atoms with Crippen LogP contribution >= 0.6 is 34.9 Å². The van der Waals surface area contributed by atoms with Crippen LogP contribution in [0.15, 0.2) is 12.1 Å². The standard InChI is InChI=1S/C9H8O2S3/c1-10-5-3-4-6(11-2)8-7(5)13-9(12)14-8/h3-4H,1-2H3. The van der Waals surface area contributed by atoms with Gasteiger partial charge < -0.3 is 9.47 Å². The molecular weight excluding hydrogens is 236 g/mol. The summed E-state index contributed by atoms with van der Waals surface area (Å²) in [5.74, 6) is 1.72. The lowest BCUT2D eigenvalue weighted by molar-refractivity contribution is 0.411. The van der Waals surface area contributed by atoms with Crippen LogP contribution in [0.5, 0.6) is 11.5 Å². The van der Waals surface area contributed by atoms with Crippen molar-refractivity contribution >= 4 is 44.3 Å². The minimum absolute atomic E-state index is 0.859. The first kappa shape index (κ1) is 9.89. The number of methoxy groups -OCH3 is 2. The predicted molar refractivity (Wildman–Crippen MR) is 63.6 cm³/mol. The van der Waals surface area contributed by atoms with Gasteiger partial charge in [0.15, 0.2) is 0 Å². The van der Waals surface area contributed by atoms with Gasteiger partial charge in [0, 0.05) is 0 Å². The Bertz CT molecular complexity index is 468. The molecule has 1 aromatic carbocycles. The van der Waals surface area contributed by atoms with E-state index in [0.717, 1.165) is 24.0 Å². The second-order valence-electron chi connectivity index (χ2n) is 2.58. The van der Waals surface area contributed by atoms with Crippen molar-refractivity contribution in [1.29, 1.82) is 0 Å². The maximum Gasteiger partial charge on any atom is 0.145 e. The van der Waals surface area contributed by atoms with Crippen molar-refractivity contribution in [1.82, 2.24) is 0 Å². The van der Waals surface area contributed by atoms with Crippen LogP contribution in [0, 0.1) is 3.14 Å². The third-order valence-electron chi connectivity index (χ3n) is 1.85. The van der Waals surface area contributed by atoms with Gasteiger partial charge >= 0.3 is 0 Å². The molecule has 0 fully saturated rings. The third kappa shape index (κ3) is 1.51. The minimum Gasteiger partial charge on any atom is -0.495 e. The van der Waals surface area contributed by atoms with Crippen LogP contribution in [-0.4, -0.2) is 14.2 Å². The van der Waals surface area contributed by atoms with Crippen LogP contribution in [-0.2, 0) is 0 Å². The van der Waals surface area contributed by atoms with E-state index in [1.165, 1.54) is 0 Å². The molecule has 0 spiro atoms. The van der Waals surface area contributed by atoms with E-state index in [0.29, 0.717) is 0 Å². The van der Waals surface area contributed by atoms with Crippen LogP contribution < -0.4 is 9.47 Å². The van der Waals surface area contributed by atoms with Crippen molar-refractivity contribution in [2.24, 2.45) is 0 Å². The number of hydrogen-bond acceptors (Lipinski definition) is 5. The van der Waals surface area contributed by atoms with E-state index in [-0.39, 0.29) is 0 Å². The van der Waals surface area contributed by atoms with Gasteiger partial charge in [0.2, 0.25) is 0 Å². The Morgan fingerprint density at radius 3 is 1.79 bits per heavy atom. The van der Waals surface area contributed by atoms with Gasteiger partial charge in [0.25, 0.3) is 0 Å². The summed E-state index contributed by atoms with van der Waals surface area (Å²) < 4.78 is 13.5. The normalized spacial score (nSPS) is 10.4. The molecule has 74 valence electrons. The fourth-order valence-corrected chi connectivity index (χ4v) is 3.87. The van der Waals surface area contributed by atoms with E-state index >= 15 is 0 Å². The molecule has 1 aromatic heterocycles. The van der Waals surface area contributed by atoms with Gasteiger partial charge in [-0.25, -0.2) is 0 Å². The number of ether oxygens (including phenoxy) is 2. The highest BCUT2D eigenvalue weighted by Gasteiger charge is 2.09. The lowest BCUT2D eigenvalue weighted by atomic mass is 10.3. The summed E-state index contributed by atoms with van der Waals surface area (Å²) in [6.07, 6.45) is 0. The molecule has 14 heavy (non-hydrogen) atoms. The summed E-state index contributed by atoms with van der Waals surface area (Å²) in [5.41, 5.74) is 0. The van der Waals surface area contributed by atoms with Crippen molar-refractivity contribution in [2.75, 3.05) is 14.2 Å². The number of rotatable bonds is 2. The Morgan fingerprint density at radius 1 is 1.00 bits per heavy atom. The molecule has 0 saturated heterocycles. The Kier molecular flexibility index (Phi) is 2.71. The SMILES string of the molecule is COc1ccc(OC)c2sc(=S)sc12. The largest absolute Gasteiger partial charge is 0.495 e. The van der Waals surface area contributed by atoms with Gasteiger partial charge in [-0.2, -0.15) is 0 Å². The molecule has 2 nitrogen and oxygen atoms in total. The summed E-state index contributed by atoms with van der Waals surface area (Å²) in [7, 11) is 3.32. The van der Waals surface area contributed by atoms with E-state index in [1.54, 1.807) is 36.9 Å². The summed E-state index contributed by atoms with van der Waals surface area (Å²) in [6, 6.07) is 3.80. The van der Waals surface area contributed by atoms with Gasteiger partial charge in [-0.1, -0.05) is 12.2 Å². The highest BCUT2D eigenvalue weighted by Crippen LogP contribution is 2.40. The number of hydrogen-bond donors (Lipinski definition) is 0. The van der Waals surface area contributed by atoms with Crippen LogP contribution in [0.25, 0.3) is 9.40 Å². The second-order valence-corrected chi connectivity index (χ2v) is 5.81. The zero-order valence-electron chi connectivity index (χ0n) is 7.70. The minimum atomic E-state index is 0.859. The van der Waals surface area contributed by atoms with Crippen molar-refractivity contribution in [3.8, 4) is 11.5 Å². The van der Waals surface area contributed by atoms with Crippen LogP contribution in [0.4, 0.5) is 0 Å². The molecule has 0 N–H and O–H groups in total. The highest BCUT2D eigenvalue weighted by atomic mass is 32.2. The topological polar surface area (TPSA) is 18.5 Å². The van der Waals surface area contributed by atoms with Gasteiger partial charge in [-0.15, -0.1) is 22.7 Å². The first-order valence-corrected chi connectivity index (χ1v) is 5.95. The summed E-state index contributed by atoms with van der Waals surface area (Å²) >= 11 is 8.28. The monoisotopic (exact) mass is 244 g/mol. The fraction of sp³-hybridized carbons (Fsp3) is 0.222. The molecule has 2 rings (SSSR count). The molecule has 5 heteroatoms. The molecule has 0 atom stereocenters. The molecule has 0 aliphatic carbocycles. The van der Waals surface area contributed by atoms with Gasteiger partial charge in [0.05, 0.1) is 23.6 Å². The predicted octanol–water partition coefficient (Wildman–Crippen LogP) is 3.71. The molecule has 0 aliphatic heterocycles. The Hall–Kier alpha value is -0.650. The summed E-state index contributed by atoms with van der Waals surface area (Å²) in [5, 5.41) is 0. The Morgan fingerprint density at radius 2 is 1.43 bits per heavy atom. The van der Waals surface area contributed by atoms with E-state index < -0.39 is 0 Å².